The summed E-state index contributed by atoms with van der Waals surface area (Å²) in [4.78, 5) is 8.77. The zero-order chi connectivity index (χ0) is 17.8. The van der Waals surface area contributed by atoms with Crippen molar-refractivity contribution >= 4 is 0 Å². The monoisotopic (exact) mass is 354 g/mol. The summed E-state index contributed by atoms with van der Waals surface area (Å²) in [5.41, 5.74) is 1.07. The molecule has 7 atom stereocenters. The minimum Gasteiger partial charge on any atom is -0.460 e. The number of rotatable bonds is 2. The number of hydrogen-bond acceptors (Lipinski definition) is 3. The molecule has 1 heterocycles. The Labute approximate surface area is 158 Å². The van der Waals surface area contributed by atoms with Crippen LogP contribution in [0.15, 0.2) is 18.5 Å². The highest BCUT2D eigenvalue weighted by Crippen LogP contribution is 2.66. The van der Waals surface area contributed by atoms with Gasteiger partial charge in [0.05, 0.1) is 0 Å². The minimum absolute atomic E-state index is 0.312. The molecule has 0 saturated heterocycles. The highest BCUT2D eigenvalue weighted by Gasteiger charge is 2.60. The van der Waals surface area contributed by atoms with Gasteiger partial charge in [-0.3, -0.25) is 0 Å². The number of hydrogen-bond donors (Lipinski definition) is 0. The quantitative estimate of drug-likeness (QED) is 0.687. The summed E-state index contributed by atoms with van der Waals surface area (Å²) in [5.74, 6) is 3.38. The summed E-state index contributed by atoms with van der Waals surface area (Å²) >= 11 is 0. The summed E-state index contributed by atoms with van der Waals surface area (Å²) in [6.45, 7) is 5.21. The van der Waals surface area contributed by atoms with Gasteiger partial charge < -0.3 is 4.74 Å². The average Bonchev–Trinajstić information content (AvgIpc) is 3.04. The zero-order valence-electron chi connectivity index (χ0n) is 16.5. The normalized spacial score (nSPS) is 47.5. The highest BCUT2D eigenvalue weighted by molar-refractivity contribution is 5.10. The van der Waals surface area contributed by atoms with E-state index in [1.807, 2.05) is 18.5 Å². The maximum absolute atomic E-state index is 6.50. The fourth-order valence-corrected chi connectivity index (χ4v) is 7.93. The van der Waals surface area contributed by atoms with Crippen LogP contribution in [0.25, 0.3) is 0 Å². The second kappa shape index (κ2) is 6.21. The second-order valence-corrected chi connectivity index (χ2v) is 10.2. The van der Waals surface area contributed by atoms with Crippen LogP contribution in [-0.4, -0.2) is 16.1 Å². The molecule has 5 rings (SSSR count). The van der Waals surface area contributed by atoms with Crippen LogP contribution in [0.4, 0.5) is 0 Å². The largest absolute Gasteiger partial charge is 0.460 e. The summed E-state index contributed by atoms with van der Waals surface area (Å²) in [5, 5.41) is 0. The van der Waals surface area contributed by atoms with Crippen LogP contribution in [0, 0.1) is 34.5 Å². The van der Waals surface area contributed by atoms with Crippen molar-refractivity contribution in [3.63, 3.8) is 0 Å². The van der Waals surface area contributed by atoms with Gasteiger partial charge in [0, 0.05) is 18.3 Å². The van der Waals surface area contributed by atoms with Gasteiger partial charge in [0.1, 0.15) is 6.10 Å². The van der Waals surface area contributed by atoms with Crippen LogP contribution in [-0.2, 0) is 0 Å². The Morgan fingerprint density at radius 3 is 2.54 bits per heavy atom. The van der Waals surface area contributed by atoms with Gasteiger partial charge in [-0.15, -0.1) is 0 Å². The Bertz CT molecular complexity index is 649. The molecule has 0 unspecified atom stereocenters. The van der Waals surface area contributed by atoms with Gasteiger partial charge in [0.25, 0.3) is 0 Å². The van der Waals surface area contributed by atoms with Gasteiger partial charge >= 0.3 is 6.01 Å². The molecule has 4 saturated carbocycles. The van der Waals surface area contributed by atoms with Crippen molar-refractivity contribution in [3.05, 3.63) is 18.5 Å². The predicted molar refractivity (Wildman–Crippen MR) is 103 cm³/mol. The van der Waals surface area contributed by atoms with Crippen LogP contribution < -0.4 is 4.74 Å². The molecule has 1 aromatic heterocycles. The zero-order valence-corrected chi connectivity index (χ0v) is 16.5. The Balaban J connectivity index is 1.48. The van der Waals surface area contributed by atoms with Gasteiger partial charge in [-0.25, -0.2) is 9.97 Å². The maximum Gasteiger partial charge on any atom is 0.316 e. The van der Waals surface area contributed by atoms with Crippen molar-refractivity contribution in [1.29, 1.82) is 0 Å². The molecular weight excluding hydrogens is 320 g/mol. The number of fused-ring (bicyclic) bond motifs is 5. The van der Waals surface area contributed by atoms with Crippen LogP contribution in [0.1, 0.15) is 78.1 Å². The molecule has 0 aromatic carbocycles. The first-order valence-corrected chi connectivity index (χ1v) is 11.0. The third kappa shape index (κ3) is 2.52. The molecule has 4 aliphatic rings. The number of nitrogens with zero attached hydrogens (tertiary/aromatic N) is 2. The predicted octanol–water partition coefficient (Wildman–Crippen LogP) is 5.66. The molecular formula is C23H34N2O. The van der Waals surface area contributed by atoms with E-state index in [2.05, 4.69) is 23.8 Å². The van der Waals surface area contributed by atoms with E-state index in [-0.39, 0.29) is 0 Å². The molecule has 3 nitrogen and oxygen atoms in total. The molecule has 4 fully saturated rings. The third-order valence-corrected chi connectivity index (χ3v) is 9.15. The van der Waals surface area contributed by atoms with Crippen molar-refractivity contribution in [1.82, 2.24) is 9.97 Å². The van der Waals surface area contributed by atoms with Crippen LogP contribution in [0.2, 0.25) is 0 Å². The lowest BCUT2D eigenvalue weighted by molar-refractivity contribution is -0.147. The number of ether oxygens (including phenoxy) is 1. The minimum atomic E-state index is 0.312. The van der Waals surface area contributed by atoms with Crippen molar-refractivity contribution in [3.8, 4) is 6.01 Å². The Hall–Kier alpha value is -1.12. The molecule has 0 spiro atoms. The number of aromatic nitrogens is 2. The molecule has 0 N–H and O–H groups in total. The molecule has 3 heteroatoms. The maximum atomic E-state index is 6.50. The Kier molecular flexibility index (Phi) is 4.06. The first kappa shape index (κ1) is 17.0. The van der Waals surface area contributed by atoms with E-state index in [1.165, 1.54) is 64.2 Å². The summed E-state index contributed by atoms with van der Waals surface area (Å²) in [7, 11) is 0. The second-order valence-electron chi connectivity index (χ2n) is 10.2. The summed E-state index contributed by atoms with van der Waals surface area (Å²) in [6.07, 6.45) is 18.0. The van der Waals surface area contributed by atoms with E-state index in [0.29, 0.717) is 28.9 Å². The Morgan fingerprint density at radius 1 is 0.885 bits per heavy atom. The lowest BCUT2D eigenvalue weighted by Crippen LogP contribution is -2.57. The highest BCUT2D eigenvalue weighted by atomic mass is 16.5. The summed E-state index contributed by atoms with van der Waals surface area (Å²) in [6, 6.07) is 2.47. The van der Waals surface area contributed by atoms with Crippen LogP contribution in [0.5, 0.6) is 6.01 Å². The molecule has 0 amide bonds. The van der Waals surface area contributed by atoms with E-state index in [1.54, 1.807) is 0 Å². The fourth-order valence-electron chi connectivity index (χ4n) is 7.93. The standard InChI is InChI=1S/C23H34N2O/c1-22-10-5-8-17(22)16-15-20(26-21-24-13-6-14-25-21)19-7-3-4-11-23(19,2)18(16)9-12-22/h6,13-14,16-20H,3-5,7-12,15H2,1-2H3/t16-,17-,18-,19+,20+,22-,23+/m0/s1. The van der Waals surface area contributed by atoms with Crippen LogP contribution >= 0.6 is 0 Å². The van der Waals surface area contributed by atoms with Crippen molar-refractivity contribution in [2.45, 2.75) is 84.2 Å². The topological polar surface area (TPSA) is 35.0 Å². The van der Waals surface area contributed by atoms with Crippen molar-refractivity contribution in [2.24, 2.45) is 34.5 Å². The SMILES string of the molecule is C[C@@]12CCC[C@H]1[C@@H]1C[C@@H](Oc3ncccn3)[C@H]3CCCC[C@]3(C)[C@H]1CC2. The van der Waals surface area contributed by atoms with Crippen molar-refractivity contribution in [2.75, 3.05) is 0 Å². The molecule has 0 bridgehead atoms. The lowest BCUT2D eigenvalue weighted by atomic mass is 9.45. The molecule has 0 radical (unpaired) electrons. The fraction of sp³-hybridized carbons (Fsp3) is 0.826. The summed E-state index contributed by atoms with van der Waals surface area (Å²) < 4.78 is 6.50. The molecule has 1 aromatic rings. The van der Waals surface area contributed by atoms with E-state index in [4.69, 9.17) is 4.74 Å². The van der Waals surface area contributed by atoms with E-state index in [0.717, 1.165) is 17.8 Å². The van der Waals surface area contributed by atoms with Crippen molar-refractivity contribution < 1.29 is 4.74 Å². The molecule has 0 aliphatic heterocycles. The molecule has 26 heavy (non-hydrogen) atoms. The van der Waals surface area contributed by atoms with Gasteiger partial charge in [0.2, 0.25) is 0 Å². The Morgan fingerprint density at radius 2 is 1.69 bits per heavy atom. The smallest absolute Gasteiger partial charge is 0.316 e. The van der Waals surface area contributed by atoms with Gasteiger partial charge in [-0.1, -0.05) is 33.1 Å². The molecule has 4 aliphatic carbocycles. The van der Waals surface area contributed by atoms with Gasteiger partial charge in [0.15, 0.2) is 0 Å². The van der Waals surface area contributed by atoms with E-state index < -0.39 is 0 Å². The van der Waals surface area contributed by atoms with E-state index in [9.17, 15) is 0 Å². The van der Waals surface area contributed by atoms with E-state index >= 15 is 0 Å². The van der Waals surface area contributed by atoms with Gasteiger partial charge in [-0.05, 0) is 79.6 Å². The van der Waals surface area contributed by atoms with Gasteiger partial charge in [-0.2, -0.15) is 0 Å². The lowest BCUT2D eigenvalue weighted by Gasteiger charge is -2.61. The first-order chi connectivity index (χ1) is 12.6. The molecule has 142 valence electrons. The first-order valence-electron chi connectivity index (χ1n) is 11.0. The van der Waals surface area contributed by atoms with Crippen LogP contribution in [0.3, 0.4) is 0 Å². The third-order valence-electron chi connectivity index (χ3n) is 9.15. The average molecular weight is 355 g/mol.